The van der Waals surface area contributed by atoms with Crippen LogP contribution in [0, 0.1) is 0 Å². The van der Waals surface area contributed by atoms with Gasteiger partial charge in [0, 0.05) is 71.9 Å². The molecule has 0 unspecified atom stereocenters. The Hall–Kier alpha value is -5.58. The number of azide groups is 1. The van der Waals surface area contributed by atoms with Crippen LogP contribution in [-0.4, -0.2) is 77.1 Å². The molecule has 0 fully saturated rings. The fourth-order valence-electron chi connectivity index (χ4n) is 8.58. The van der Waals surface area contributed by atoms with Gasteiger partial charge in [-0.15, -0.1) is 0 Å². The van der Waals surface area contributed by atoms with Crippen molar-refractivity contribution in [3.05, 3.63) is 130 Å². The van der Waals surface area contributed by atoms with Gasteiger partial charge < -0.3 is 14.8 Å². The Kier molecular flexibility index (Phi) is 14.2. The number of amides is 1. The summed E-state index contributed by atoms with van der Waals surface area (Å²) in [6.07, 6.45) is 13.4. The van der Waals surface area contributed by atoms with E-state index in [0.717, 1.165) is 57.8 Å². The Labute approximate surface area is 363 Å². The lowest BCUT2D eigenvalue weighted by Crippen LogP contribution is -2.28. The number of hydrogen-bond donors (Lipinski definition) is 3. The van der Waals surface area contributed by atoms with Crippen LogP contribution in [0.3, 0.4) is 0 Å². The van der Waals surface area contributed by atoms with Gasteiger partial charge in [-0.2, -0.15) is 21.4 Å². The maximum Gasteiger partial charge on any atom is 0.294 e. The number of carbonyl (C=O) groups excluding carboxylic acids is 1. The molecule has 2 aliphatic heterocycles. The first-order chi connectivity index (χ1) is 29.4. The summed E-state index contributed by atoms with van der Waals surface area (Å²) in [7, 11) is -8.51. The highest BCUT2D eigenvalue weighted by molar-refractivity contribution is 7.86. The van der Waals surface area contributed by atoms with E-state index in [2.05, 4.69) is 49.7 Å². The molecule has 328 valence electrons. The summed E-state index contributed by atoms with van der Waals surface area (Å²) in [5.74, 6) is 0.326. The van der Waals surface area contributed by atoms with Gasteiger partial charge in [0.05, 0.1) is 33.6 Å². The topological polar surface area (TPSA) is 211 Å². The maximum absolute atomic E-state index is 12.8. The number of benzene rings is 3. The molecule has 0 bridgehead atoms. The summed E-state index contributed by atoms with van der Waals surface area (Å²) in [6, 6.07) is 20.4. The number of hydrogen-bond acceptors (Lipinski definition) is 8. The lowest BCUT2D eigenvalue weighted by Gasteiger charge is -2.27. The first-order valence-electron chi connectivity index (χ1n) is 20.8. The van der Waals surface area contributed by atoms with Gasteiger partial charge in [-0.05, 0) is 80.6 Å². The Morgan fingerprint density at radius 2 is 1.65 bits per heavy atom. The zero-order valence-electron chi connectivity index (χ0n) is 35.6. The number of aryl methyl sites for hydroxylation is 1. The second kappa shape index (κ2) is 19.2. The molecule has 0 saturated heterocycles. The van der Waals surface area contributed by atoms with Crippen LogP contribution < -0.4 is 10.2 Å². The van der Waals surface area contributed by atoms with Crippen molar-refractivity contribution in [3.8, 4) is 0 Å². The minimum absolute atomic E-state index is 0.0248. The van der Waals surface area contributed by atoms with Crippen LogP contribution in [0.15, 0.2) is 113 Å². The molecular weight excluding hydrogens is 829 g/mol. The van der Waals surface area contributed by atoms with Gasteiger partial charge in [-0.25, -0.2) is 4.98 Å². The third-order valence-corrected chi connectivity index (χ3v) is 13.3. The number of unbranched alkanes of at least 4 members (excludes halogenated alkanes) is 2. The van der Waals surface area contributed by atoms with Crippen molar-refractivity contribution in [3.63, 3.8) is 0 Å². The predicted octanol–water partition coefficient (Wildman–Crippen LogP) is 8.31. The molecule has 2 aliphatic rings. The van der Waals surface area contributed by atoms with Crippen molar-refractivity contribution < 1.29 is 35.3 Å². The van der Waals surface area contributed by atoms with Crippen LogP contribution in [0.2, 0.25) is 0 Å². The van der Waals surface area contributed by atoms with Gasteiger partial charge in [0.1, 0.15) is 12.4 Å². The molecule has 3 aromatic carbocycles. The molecule has 1 amide bonds. The fraction of sp³-hybridized carbons (Fsp3) is 0.400. The average molecular weight is 884 g/mol. The highest BCUT2D eigenvalue weighted by Gasteiger charge is 2.44. The quantitative estimate of drug-likeness (QED) is 0.0148. The SMILES string of the molecule is CC1(C)C(/C=C/C=C/C=C2/N(CCCCCC(=O)NCCCn3c(CN=[N+]=[N-])nc4ccccc43)c3ccc(S(=O)(=O)O)cc3C2(C)C)=[N+](CCCS(=O)(=O)O)c2ccccc21. The standard InChI is InChI=1S/C45H54N8O7S2/c1-44(2)34-17-10-12-19-37(34)52(29-16-30-61(55,56)57)40(44)21-7-5-8-22-41-45(3,4)35-31-33(62(58,59)60)24-25-38(35)51(41)27-14-6-9-23-43(54)47-26-15-28-53-39-20-13-11-18-36(39)49-42(53)32-48-50-46/h5,7-8,10-13,17-22,24-25,31H,6,9,14-16,23,26-30,32H2,1-4H3,(H2-,47,54,55,56,57,58,59,60)/p+1. The van der Waals surface area contributed by atoms with Gasteiger partial charge >= 0.3 is 0 Å². The van der Waals surface area contributed by atoms with Crippen LogP contribution in [0.1, 0.15) is 83.2 Å². The molecule has 4 aromatic rings. The molecule has 0 radical (unpaired) electrons. The molecule has 6 rings (SSSR count). The van der Waals surface area contributed by atoms with E-state index in [1.54, 1.807) is 6.07 Å². The third kappa shape index (κ3) is 10.5. The van der Waals surface area contributed by atoms with E-state index in [-0.39, 0.29) is 34.9 Å². The minimum Gasteiger partial charge on any atom is -0.356 e. The molecule has 62 heavy (non-hydrogen) atoms. The summed E-state index contributed by atoms with van der Waals surface area (Å²) in [5.41, 5.74) is 15.3. The Morgan fingerprint density at radius 3 is 2.40 bits per heavy atom. The molecule has 0 aliphatic carbocycles. The van der Waals surface area contributed by atoms with Crippen LogP contribution in [0.25, 0.3) is 21.5 Å². The molecule has 15 nitrogen and oxygen atoms in total. The first kappa shape index (κ1) is 45.9. The largest absolute Gasteiger partial charge is 0.356 e. The first-order valence-corrected chi connectivity index (χ1v) is 23.8. The van der Waals surface area contributed by atoms with E-state index < -0.39 is 25.7 Å². The Morgan fingerprint density at radius 1 is 0.887 bits per heavy atom. The lowest BCUT2D eigenvalue weighted by atomic mass is 9.81. The monoisotopic (exact) mass is 883 g/mol. The Bertz CT molecular complexity index is 2730. The predicted molar refractivity (Wildman–Crippen MR) is 242 cm³/mol. The number of imidazole rings is 1. The van der Waals surface area contributed by atoms with Gasteiger partial charge in [-0.1, -0.05) is 73.9 Å². The normalized spacial score (nSPS) is 16.4. The summed E-state index contributed by atoms with van der Waals surface area (Å²) < 4.78 is 70.6. The van der Waals surface area contributed by atoms with E-state index in [0.29, 0.717) is 51.3 Å². The summed E-state index contributed by atoms with van der Waals surface area (Å²) in [6.45, 7) is 10.6. The van der Waals surface area contributed by atoms with E-state index in [1.807, 2.05) is 91.3 Å². The van der Waals surface area contributed by atoms with Crippen LogP contribution in [0.5, 0.6) is 0 Å². The van der Waals surface area contributed by atoms with Crippen molar-refractivity contribution in [2.24, 2.45) is 5.11 Å². The van der Waals surface area contributed by atoms with Crippen molar-refractivity contribution >= 4 is 54.3 Å². The molecule has 3 N–H and O–H groups in total. The van der Waals surface area contributed by atoms with E-state index in [4.69, 9.17) is 5.53 Å². The number of nitrogens with zero attached hydrogens (tertiary/aromatic N) is 7. The van der Waals surface area contributed by atoms with Gasteiger partial charge in [0.15, 0.2) is 5.71 Å². The number of fused-ring (bicyclic) bond motifs is 3. The number of para-hydroxylation sites is 3. The fourth-order valence-corrected chi connectivity index (χ4v) is 9.58. The van der Waals surface area contributed by atoms with Crippen molar-refractivity contribution in [1.29, 1.82) is 0 Å². The van der Waals surface area contributed by atoms with E-state index >= 15 is 0 Å². The molecular formula is C45H55N8O7S2+. The number of anilines is 1. The number of rotatable bonds is 20. The number of carbonyl (C=O) groups is 1. The van der Waals surface area contributed by atoms with E-state index in [1.165, 1.54) is 12.1 Å². The molecule has 17 heteroatoms. The highest BCUT2D eigenvalue weighted by atomic mass is 32.2. The van der Waals surface area contributed by atoms with Gasteiger partial charge in [-0.3, -0.25) is 13.9 Å². The van der Waals surface area contributed by atoms with E-state index in [9.17, 15) is 30.7 Å². The molecule has 0 saturated carbocycles. The molecule has 0 atom stereocenters. The number of nitrogens with one attached hydrogen (secondary N) is 1. The molecule has 0 spiro atoms. The lowest BCUT2D eigenvalue weighted by molar-refractivity contribution is -0.437. The highest BCUT2D eigenvalue weighted by Crippen LogP contribution is 2.48. The second-order valence-electron chi connectivity index (χ2n) is 16.6. The van der Waals surface area contributed by atoms with Gasteiger partial charge in [0.2, 0.25) is 11.6 Å². The van der Waals surface area contributed by atoms with Gasteiger partial charge in [0.25, 0.3) is 20.2 Å². The van der Waals surface area contributed by atoms with Crippen LogP contribution in [-0.2, 0) is 49.0 Å². The van der Waals surface area contributed by atoms with Crippen molar-refractivity contribution in [2.45, 2.75) is 95.0 Å². The van der Waals surface area contributed by atoms with Crippen molar-refractivity contribution in [1.82, 2.24) is 14.9 Å². The van der Waals surface area contributed by atoms with Crippen LogP contribution >= 0.6 is 0 Å². The second-order valence-corrected chi connectivity index (χ2v) is 19.6. The zero-order valence-corrected chi connectivity index (χ0v) is 37.2. The zero-order chi connectivity index (χ0) is 44.7. The molecule has 3 heterocycles. The summed E-state index contributed by atoms with van der Waals surface area (Å²) in [5, 5.41) is 6.70. The van der Waals surface area contributed by atoms with Crippen LogP contribution in [0.4, 0.5) is 11.4 Å². The van der Waals surface area contributed by atoms with Crippen molar-refractivity contribution in [2.75, 3.05) is 30.3 Å². The third-order valence-electron chi connectivity index (χ3n) is 11.7. The maximum atomic E-state index is 12.8. The average Bonchev–Trinajstić information content (AvgIpc) is 3.75. The Balaban J connectivity index is 1.10. The minimum atomic E-state index is -4.42. The summed E-state index contributed by atoms with van der Waals surface area (Å²) in [4.78, 5) is 22.3. The number of aromatic nitrogens is 2. The summed E-state index contributed by atoms with van der Waals surface area (Å²) >= 11 is 0. The number of allylic oxidation sites excluding steroid dienone is 6. The molecule has 1 aromatic heterocycles. The smallest absolute Gasteiger partial charge is 0.294 e.